The normalized spacial score (nSPS) is 16.4. The van der Waals surface area contributed by atoms with Crippen molar-refractivity contribution >= 4 is 17.7 Å². The zero-order valence-corrected chi connectivity index (χ0v) is 20.6. The van der Waals surface area contributed by atoms with Crippen molar-refractivity contribution in [1.29, 1.82) is 0 Å². The highest BCUT2D eigenvalue weighted by atomic mass is 32.2. The van der Waals surface area contributed by atoms with Crippen molar-refractivity contribution in [3.05, 3.63) is 5.82 Å². The number of hydrogen-bond donors (Lipinski definition) is 2. The first-order chi connectivity index (χ1) is 14.6. The van der Waals surface area contributed by atoms with Crippen LogP contribution in [-0.4, -0.2) is 71.1 Å². The number of aliphatic imine (C=N–C) groups is 1. The quantitative estimate of drug-likeness (QED) is 0.212. The van der Waals surface area contributed by atoms with Gasteiger partial charge in [-0.25, -0.2) is 0 Å². The molecule has 0 spiro atoms. The maximum Gasteiger partial charge on any atom is 0.191 e. The lowest BCUT2D eigenvalue weighted by atomic mass is 10.2. The van der Waals surface area contributed by atoms with E-state index in [1.807, 2.05) is 7.05 Å². The Morgan fingerprint density at radius 2 is 1.97 bits per heavy atom. The molecule has 7 nitrogen and oxygen atoms in total. The zero-order valence-electron chi connectivity index (χ0n) is 19.8. The second-order valence-corrected chi connectivity index (χ2v) is 9.00. The maximum atomic E-state index is 4.49. The molecule has 0 radical (unpaired) electrons. The molecule has 0 saturated heterocycles. The number of nitrogens with one attached hydrogen (secondary N) is 2. The Balaban J connectivity index is 1.72. The average Bonchev–Trinajstić information content (AvgIpc) is 3.42. The standard InChI is InChI=1S/C22H43N7S/c1-6-28(7-2)17-11-12-18(3)25-21(23-4)24-16-10-15-20-26-27-22(30-5)29(20)19-13-8-9-14-19/h18-19H,6-17H2,1-5H3,(H2,23,24,25). The van der Waals surface area contributed by atoms with Crippen LogP contribution in [0.5, 0.6) is 0 Å². The molecule has 1 heterocycles. The molecule has 0 bridgehead atoms. The molecule has 0 amide bonds. The second kappa shape index (κ2) is 13.9. The Hall–Kier alpha value is -1.28. The molecule has 0 aromatic carbocycles. The Kier molecular flexibility index (Phi) is 11.6. The van der Waals surface area contributed by atoms with Crippen molar-refractivity contribution < 1.29 is 0 Å². The van der Waals surface area contributed by atoms with Gasteiger partial charge < -0.3 is 20.1 Å². The van der Waals surface area contributed by atoms with Crippen molar-refractivity contribution in [2.24, 2.45) is 4.99 Å². The summed E-state index contributed by atoms with van der Waals surface area (Å²) >= 11 is 1.71. The van der Waals surface area contributed by atoms with Gasteiger partial charge in [0.25, 0.3) is 0 Å². The van der Waals surface area contributed by atoms with Gasteiger partial charge in [-0.3, -0.25) is 4.99 Å². The summed E-state index contributed by atoms with van der Waals surface area (Å²) in [7, 11) is 1.85. The molecule has 8 heteroatoms. The monoisotopic (exact) mass is 437 g/mol. The highest BCUT2D eigenvalue weighted by Gasteiger charge is 2.23. The molecule has 1 unspecified atom stereocenters. The summed E-state index contributed by atoms with van der Waals surface area (Å²) in [6.07, 6.45) is 11.6. The van der Waals surface area contributed by atoms with Gasteiger partial charge in [0.05, 0.1) is 0 Å². The number of nitrogens with zero attached hydrogens (tertiary/aromatic N) is 5. The second-order valence-electron chi connectivity index (χ2n) is 8.23. The van der Waals surface area contributed by atoms with E-state index in [0.29, 0.717) is 12.1 Å². The molecule has 172 valence electrons. The molecule has 2 rings (SSSR count). The van der Waals surface area contributed by atoms with Gasteiger partial charge in [-0.05, 0) is 64.9 Å². The Labute approximate surface area is 187 Å². The van der Waals surface area contributed by atoms with Crippen molar-refractivity contribution in [1.82, 2.24) is 30.3 Å². The van der Waals surface area contributed by atoms with E-state index in [1.54, 1.807) is 11.8 Å². The van der Waals surface area contributed by atoms with Crippen LogP contribution < -0.4 is 10.6 Å². The summed E-state index contributed by atoms with van der Waals surface area (Å²) < 4.78 is 2.41. The molecule has 1 aromatic heterocycles. The third-order valence-corrected chi connectivity index (χ3v) is 6.73. The van der Waals surface area contributed by atoms with E-state index < -0.39 is 0 Å². The lowest BCUT2D eigenvalue weighted by Crippen LogP contribution is -2.42. The van der Waals surface area contributed by atoms with E-state index in [1.165, 1.54) is 38.6 Å². The summed E-state index contributed by atoms with van der Waals surface area (Å²) in [5, 5.41) is 17.0. The lowest BCUT2D eigenvalue weighted by molar-refractivity contribution is 0.292. The van der Waals surface area contributed by atoms with Gasteiger partial charge in [-0.1, -0.05) is 38.5 Å². The van der Waals surface area contributed by atoms with Crippen LogP contribution in [0.1, 0.15) is 77.6 Å². The number of rotatable bonds is 13. The Bertz CT molecular complexity index is 621. The molecule has 1 atom stereocenters. The van der Waals surface area contributed by atoms with Crippen molar-refractivity contribution in [2.45, 2.75) is 89.4 Å². The first kappa shape index (κ1) is 25.0. The first-order valence-corrected chi connectivity index (χ1v) is 13.0. The number of hydrogen-bond acceptors (Lipinski definition) is 5. The van der Waals surface area contributed by atoms with Gasteiger partial charge in [0.15, 0.2) is 11.1 Å². The zero-order chi connectivity index (χ0) is 21.8. The maximum absolute atomic E-state index is 4.49. The molecular weight excluding hydrogens is 394 g/mol. The van der Waals surface area contributed by atoms with Crippen LogP contribution in [0.15, 0.2) is 10.1 Å². The summed E-state index contributed by atoms with van der Waals surface area (Å²) in [5.41, 5.74) is 0. The van der Waals surface area contributed by atoms with E-state index in [-0.39, 0.29) is 0 Å². The molecule has 1 aliphatic rings. The van der Waals surface area contributed by atoms with E-state index in [2.05, 4.69) is 62.3 Å². The van der Waals surface area contributed by atoms with Gasteiger partial charge >= 0.3 is 0 Å². The van der Waals surface area contributed by atoms with E-state index in [0.717, 1.165) is 55.8 Å². The highest BCUT2D eigenvalue weighted by molar-refractivity contribution is 7.98. The summed E-state index contributed by atoms with van der Waals surface area (Å²) in [6, 6.07) is 1.01. The summed E-state index contributed by atoms with van der Waals surface area (Å²) in [6.45, 7) is 11.0. The molecule has 0 aliphatic heterocycles. The van der Waals surface area contributed by atoms with Crippen LogP contribution >= 0.6 is 11.8 Å². The first-order valence-electron chi connectivity index (χ1n) is 11.8. The number of aryl methyl sites for hydroxylation is 1. The molecule has 1 fully saturated rings. The van der Waals surface area contributed by atoms with Crippen LogP contribution in [0.4, 0.5) is 0 Å². The Morgan fingerprint density at radius 3 is 2.60 bits per heavy atom. The minimum atomic E-state index is 0.418. The van der Waals surface area contributed by atoms with Crippen LogP contribution in [0.25, 0.3) is 0 Å². The number of thioether (sulfide) groups is 1. The summed E-state index contributed by atoms with van der Waals surface area (Å²) in [4.78, 5) is 6.87. The van der Waals surface area contributed by atoms with Gasteiger partial charge in [0.2, 0.25) is 0 Å². The van der Waals surface area contributed by atoms with Crippen molar-refractivity contribution in [2.75, 3.05) is 39.5 Å². The van der Waals surface area contributed by atoms with Crippen LogP contribution in [0.2, 0.25) is 0 Å². The fourth-order valence-electron chi connectivity index (χ4n) is 4.26. The number of aromatic nitrogens is 3. The van der Waals surface area contributed by atoms with E-state index in [4.69, 9.17) is 0 Å². The third-order valence-electron chi connectivity index (χ3n) is 6.09. The molecule has 30 heavy (non-hydrogen) atoms. The van der Waals surface area contributed by atoms with Gasteiger partial charge in [-0.2, -0.15) is 0 Å². The predicted molar refractivity (Wildman–Crippen MR) is 129 cm³/mol. The smallest absolute Gasteiger partial charge is 0.191 e. The molecule has 1 aliphatic carbocycles. The molecular formula is C22H43N7S. The highest BCUT2D eigenvalue weighted by Crippen LogP contribution is 2.33. The fourth-order valence-corrected chi connectivity index (χ4v) is 4.83. The van der Waals surface area contributed by atoms with Gasteiger partial charge in [0, 0.05) is 32.1 Å². The van der Waals surface area contributed by atoms with E-state index >= 15 is 0 Å². The van der Waals surface area contributed by atoms with Gasteiger partial charge in [0.1, 0.15) is 5.82 Å². The van der Waals surface area contributed by atoms with E-state index in [9.17, 15) is 0 Å². The predicted octanol–water partition coefficient (Wildman–Crippen LogP) is 3.72. The van der Waals surface area contributed by atoms with Crippen LogP contribution in [0.3, 0.4) is 0 Å². The van der Waals surface area contributed by atoms with Crippen LogP contribution in [-0.2, 0) is 6.42 Å². The largest absolute Gasteiger partial charge is 0.356 e. The summed E-state index contributed by atoms with van der Waals surface area (Å²) in [5.74, 6) is 2.04. The molecule has 1 saturated carbocycles. The van der Waals surface area contributed by atoms with Crippen LogP contribution in [0, 0.1) is 0 Å². The molecule has 1 aromatic rings. The number of guanidine groups is 1. The fraction of sp³-hybridized carbons (Fsp3) is 0.864. The minimum absolute atomic E-state index is 0.418. The SMILES string of the molecule is CCN(CC)CCCC(C)NC(=NC)NCCCc1nnc(SC)n1C1CCCC1. The lowest BCUT2D eigenvalue weighted by Gasteiger charge is -2.21. The minimum Gasteiger partial charge on any atom is -0.356 e. The van der Waals surface area contributed by atoms with Gasteiger partial charge in [-0.15, -0.1) is 10.2 Å². The average molecular weight is 438 g/mol. The van der Waals surface area contributed by atoms with Crippen molar-refractivity contribution in [3.63, 3.8) is 0 Å². The Morgan fingerprint density at radius 1 is 1.23 bits per heavy atom. The topological polar surface area (TPSA) is 70.4 Å². The van der Waals surface area contributed by atoms with Crippen molar-refractivity contribution in [3.8, 4) is 0 Å². The molecule has 2 N–H and O–H groups in total. The third kappa shape index (κ3) is 7.76.